The fourth-order valence-electron chi connectivity index (χ4n) is 2.34. The van der Waals surface area contributed by atoms with Crippen LogP contribution in [-0.4, -0.2) is 0 Å². The van der Waals surface area contributed by atoms with Gasteiger partial charge in [0.1, 0.15) is 0 Å². The second-order valence-corrected chi connectivity index (χ2v) is 3.93. The van der Waals surface area contributed by atoms with Gasteiger partial charge in [-0.05, 0) is 23.8 Å². The fourth-order valence-corrected chi connectivity index (χ4v) is 2.34. The number of benzene rings is 1. The van der Waals surface area contributed by atoms with Gasteiger partial charge in [-0.1, -0.05) is 50.1 Å². The summed E-state index contributed by atoms with van der Waals surface area (Å²) in [6.07, 6.45) is 4.23. The van der Waals surface area contributed by atoms with Crippen molar-refractivity contribution in [1.82, 2.24) is 12.3 Å². The van der Waals surface area contributed by atoms with Gasteiger partial charge >= 0.3 is 0 Å². The van der Waals surface area contributed by atoms with Gasteiger partial charge in [0.25, 0.3) is 0 Å². The van der Waals surface area contributed by atoms with Gasteiger partial charge in [0.15, 0.2) is 0 Å². The third-order valence-electron chi connectivity index (χ3n) is 3.09. The summed E-state index contributed by atoms with van der Waals surface area (Å²) in [5.74, 6) is 1.73. The lowest BCUT2D eigenvalue weighted by atomic mass is 9.90. The Morgan fingerprint density at radius 3 is 2.14 bits per heavy atom. The summed E-state index contributed by atoms with van der Waals surface area (Å²) in [6.45, 7) is 2.38. The molecule has 2 heteroatoms. The van der Waals surface area contributed by atoms with Crippen molar-refractivity contribution < 1.29 is 0 Å². The van der Waals surface area contributed by atoms with Crippen molar-refractivity contribution in [2.24, 2.45) is 5.92 Å². The van der Waals surface area contributed by atoms with Crippen LogP contribution in [0.15, 0.2) is 30.3 Å². The van der Waals surface area contributed by atoms with E-state index in [1.165, 1.54) is 19.3 Å². The van der Waals surface area contributed by atoms with E-state index in [1.807, 2.05) is 0 Å². The standard InChI is InChI=1S/C12H16.2H3N/c1-10-6-5-9-12(10)11-7-3-2-4-8-11;;/h2-4,7-8,10,12H,5-6,9H2,1H3;2*1H3/t10?,12-;;/m1../s1. The zero-order chi connectivity index (χ0) is 8.39. The van der Waals surface area contributed by atoms with E-state index in [0.29, 0.717) is 0 Å². The molecular weight excluding hydrogens is 172 g/mol. The maximum absolute atomic E-state index is 2.38. The van der Waals surface area contributed by atoms with Gasteiger partial charge in [0, 0.05) is 0 Å². The van der Waals surface area contributed by atoms with Crippen molar-refractivity contribution in [1.29, 1.82) is 0 Å². The minimum absolute atomic E-state index is 0. The summed E-state index contributed by atoms with van der Waals surface area (Å²) in [6, 6.07) is 10.9. The van der Waals surface area contributed by atoms with Gasteiger partial charge in [0.2, 0.25) is 0 Å². The van der Waals surface area contributed by atoms with Crippen LogP contribution in [0, 0.1) is 5.92 Å². The van der Waals surface area contributed by atoms with Crippen LogP contribution in [0.1, 0.15) is 37.7 Å². The van der Waals surface area contributed by atoms with Crippen molar-refractivity contribution in [3.63, 3.8) is 0 Å². The van der Waals surface area contributed by atoms with Crippen LogP contribution in [0.4, 0.5) is 0 Å². The molecule has 0 amide bonds. The first-order valence-electron chi connectivity index (χ1n) is 4.93. The lowest BCUT2D eigenvalue weighted by molar-refractivity contribution is 0.533. The van der Waals surface area contributed by atoms with Crippen LogP contribution in [0.2, 0.25) is 0 Å². The zero-order valence-electron chi connectivity index (χ0n) is 9.08. The Morgan fingerprint density at radius 2 is 1.64 bits per heavy atom. The molecule has 1 unspecified atom stereocenters. The second kappa shape index (κ2) is 5.78. The number of rotatable bonds is 1. The van der Waals surface area contributed by atoms with Gasteiger partial charge in [0.05, 0.1) is 0 Å². The molecule has 0 spiro atoms. The molecule has 6 N–H and O–H groups in total. The van der Waals surface area contributed by atoms with Crippen molar-refractivity contribution in [2.75, 3.05) is 0 Å². The van der Waals surface area contributed by atoms with Crippen LogP contribution in [0.3, 0.4) is 0 Å². The summed E-state index contributed by atoms with van der Waals surface area (Å²) in [4.78, 5) is 0. The third-order valence-corrected chi connectivity index (χ3v) is 3.09. The highest BCUT2D eigenvalue weighted by Gasteiger charge is 2.24. The molecule has 0 aromatic heterocycles. The lowest BCUT2D eigenvalue weighted by Gasteiger charge is -2.14. The van der Waals surface area contributed by atoms with E-state index in [1.54, 1.807) is 5.56 Å². The molecular formula is C12H22N2. The highest BCUT2D eigenvalue weighted by molar-refractivity contribution is 5.20. The van der Waals surface area contributed by atoms with Crippen LogP contribution in [0.25, 0.3) is 0 Å². The van der Waals surface area contributed by atoms with E-state index in [4.69, 9.17) is 0 Å². The molecule has 2 rings (SSSR count). The van der Waals surface area contributed by atoms with Crippen molar-refractivity contribution >= 4 is 0 Å². The molecule has 1 saturated carbocycles. The highest BCUT2D eigenvalue weighted by Crippen LogP contribution is 2.38. The smallest absolute Gasteiger partial charge is 0.0136 e. The second-order valence-electron chi connectivity index (χ2n) is 3.93. The van der Waals surface area contributed by atoms with Gasteiger partial charge in [-0.3, -0.25) is 0 Å². The molecule has 0 bridgehead atoms. The molecule has 14 heavy (non-hydrogen) atoms. The molecule has 1 aliphatic rings. The molecule has 1 aliphatic carbocycles. The van der Waals surface area contributed by atoms with E-state index < -0.39 is 0 Å². The number of hydrogen-bond acceptors (Lipinski definition) is 2. The normalized spacial score (nSPS) is 24.9. The average molecular weight is 194 g/mol. The molecule has 1 fully saturated rings. The maximum Gasteiger partial charge on any atom is -0.0136 e. The van der Waals surface area contributed by atoms with Crippen LogP contribution in [-0.2, 0) is 0 Å². The third kappa shape index (κ3) is 2.56. The summed E-state index contributed by atoms with van der Waals surface area (Å²) < 4.78 is 0. The van der Waals surface area contributed by atoms with E-state index in [2.05, 4.69) is 37.3 Å². The monoisotopic (exact) mass is 194 g/mol. The molecule has 0 radical (unpaired) electrons. The lowest BCUT2D eigenvalue weighted by Crippen LogP contribution is -2.00. The maximum atomic E-state index is 2.38. The predicted octanol–water partition coefficient (Wildman–Crippen LogP) is 3.91. The molecule has 2 nitrogen and oxygen atoms in total. The van der Waals surface area contributed by atoms with Gasteiger partial charge < -0.3 is 12.3 Å². The molecule has 1 aromatic carbocycles. The summed E-state index contributed by atoms with van der Waals surface area (Å²) in [5.41, 5.74) is 1.54. The van der Waals surface area contributed by atoms with E-state index in [-0.39, 0.29) is 12.3 Å². The molecule has 2 atom stereocenters. The Labute approximate surface area is 86.9 Å². The first-order chi connectivity index (χ1) is 5.88. The zero-order valence-corrected chi connectivity index (χ0v) is 9.08. The quantitative estimate of drug-likeness (QED) is 0.711. The largest absolute Gasteiger partial charge is 0.344 e. The highest BCUT2D eigenvalue weighted by atomic mass is 14.3. The van der Waals surface area contributed by atoms with Gasteiger partial charge in [-0.15, -0.1) is 0 Å². The molecule has 0 saturated heterocycles. The van der Waals surface area contributed by atoms with Crippen molar-refractivity contribution in [3.8, 4) is 0 Å². The first-order valence-corrected chi connectivity index (χ1v) is 4.93. The average Bonchev–Trinajstić information content (AvgIpc) is 2.53. The summed E-state index contributed by atoms with van der Waals surface area (Å²) >= 11 is 0. The van der Waals surface area contributed by atoms with E-state index in [0.717, 1.165) is 11.8 Å². The van der Waals surface area contributed by atoms with Gasteiger partial charge in [-0.25, -0.2) is 0 Å². The summed E-state index contributed by atoms with van der Waals surface area (Å²) in [5, 5.41) is 0. The minimum Gasteiger partial charge on any atom is -0.344 e. The van der Waals surface area contributed by atoms with Crippen molar-refractivity contribution in [3.05, 3.63) is 35.9 Å². The molecule has 0 aliphatic heterocycles. The fraction of sp³-hybridized carbons (Fsp3) is 0.500. The van der Waals surface area contributed by atoms with Crippen molar-refractivity contribution in [2.45, 2.75) is 32.1 Å². The topological polar surface area (TPSA) is 70.0 Å². The molecule has 0 heterocycles. The Balaban J connectivity index is 0.000000845. The molecule has 80 valence electrons. The minimum atomic E-state index is 0. The van der Waals surface area contributed by atoms with Crippen LogP contribution >= 0.6 is 0 Å². The predicted molar refractivity (Wildman–Crippen MR) is 62.2 cm³/mol. The van der Waals surface area contributed by atoms with Crippen LogP contribution in [0.5, 0.6) is 0 Å². The Bertz CT molecular complexity index is 246. The summed E-state index contributed by atoms with van der Waals surface area (Å²) in [7, 11) is 0. The van der Waals surface area contributed by atoms with E-state index in [9.17, 15) is 0 Å². The van der Waals surface area contributed by atoms with Gasteiger partial charge in [-0.2, -0.15) is 0 Å². The first kappa shape index (κ1) is 13.1. The van der Waals surface area contributed by atoms with E-state index >= 15 is 0 Å². The molecule has 1 aromatic rings. The SMILES string of the molecule is CC1CCC[C@H]1c1ccccc1.N.N. The Hall–Kier alpha value is -0.860. The Morgan fingerprint density at radius 1 is 1.00 bits per heavy atom. The Kier molecular flexibility index (Phi) is 5.43. The number of hydrogen-bond donors (Lipinski definition) is 2. The van der Waals surface area contributed by atoms with Crippen LogP contribution < -0.4 is 12.3 Å².